The summed E-state index contributed by atoms with van der Waals surface area (Å²) in [7, 11) is 1.70. The third-order valence-corrected chi connectivity index (χ3v) is 5.25. The summed E-state index contributed by atoms with van der Waals surface area (Å²) in [6.07, 6.45) is 4.15. The van der Waals surface area contributed by atoms with E-state index in [0.29, 0.717) is 0 Å². The third-order valence-electron chi connectivity index (χ3n) is 5.25. The van der Waals surface area contributed by atoms with Crippen molar-refractivity contribution in [1.82, 2.24) is 14.8 Å². The molecule has 0 aliphatic heterocycles. The molecule has 0 aliphatic carbocycles. The summed E-state index contributed by atoms with van der Waals surface area (Å²) in [5, 5.41) is 7.26. The van der Waals surface area contributed by atoms with Crippen molar-refractivity contribution in [2.45, 2.75) is 40.2 Å². The van der Waals surface area contributed by atoms with Gasteiger partial charge in [0.05, 0.1) is 24.3 Å². The van der Waals surface area contributed by atoms with E-state index >= 15 is 0 Å². The number of nitrogens with zero attached hydrogens (tertiary/aromatic N) is 3. The summed E-state index contributed by atoms with van der Waals surface area (Å²) in [4.78, 5) is 4.71. The molecule has 0 aliphatic rings. The van der Waals surface area contributed by atoms with Gasteiger partial charge in [0, 0.05) is 34.5 Å². The summed E-state index contributed by atoms with van der Waals surface area (Å²) >= 11 is 0. The lowest BCUT2D eigenvalue weighted by atomic mass is 10.0. The van der Waals surface area contributed by atoms with E-state index in [-0.39, 0.29) is 0 Å². The Morgan fingerprint density at radius 1 is 1.14 bits per heavy atom. The molecular formula is C25H25N3O. The summed E-state index contributed by atoms with van der Waals surface area (Å²) in [6.45, 7) is 7.00. The van der Waals surface area contributed by atoms with Gasteiger partial charge < -0.3 is 4.74 Å². The normalized spacial score (nSPS) is 10.9. The van der Waals surface area contributed by atoms with Gasteiger partial charge in [0.1, 0.15) is 11.4 Å². The van der Waals surface area contributed by atoms with Crippen LogP contribution in [0.15, 0.2) is 42.6 Å². The van der Waals surface area contributed by atoms with E-state index in [9.17, 15) is 0 Å². The Kier molecular flexibility index (Phi) is 5.22. The highest BCUT2D eigenvalue weighted by molar-refractivity contribution is 6.11. The number of benzene rings is 2. The van der Waals surface area contributed by atoms with Gasteiger partial charge in [-0.15, -0.1) is 5.92 Å². The molecule has 146 valence electrons. The van der Waals surface area contributed by atoms with Crippen molar-refractivity contribution in [3.8, 4) is 28.8 Å². The summed E-state index contributed by atoms with van der Waals surface area (Å²) < 4.78 is 7.60. The van der Waals surface area contributed by atoms with E-state index in [2.05, 4.69) is 60.7 Å². The molecule has 0 saturated carbocycles. The number of hydrogen-bond donors (Lipinski definition) is 0. The Morgan fingerprint density at radius 2 is 1.93 bits per heavy atom. The first-order valence-corrected chi connectivity index (χ1v) is 10.0. The van der Waals surface area contributed by atoms with Gasteiger partial charge in [0.15, 0.2) is 0 Å². The molecule has 0 N–H and O–H groups in total. The van der Waals surface area contributed by atoms with E-state index < -0.39 is 0 Å². The first kappa shape index (κ1) is 19.0. The highest BCUT2D eigenvalue weighted by Crippen LogP contribution is 2.35. The largest absolute Gasteiger partial charge is 0.496 e. The minimum atomic E-state index is 0.853. The fourth-order valence-corrected chi connectivity index (χ4v) is 3.74. The molecular weight excluding hydrogens is 358 g/mol. The van der Waals surface area contributed by atoms with Crippen LogP contribution in [0.4, 0.5) is 0 Å². The van der Waals surface area contributed by atoms with Crippen LogP contribution in [0.1, 0.15) is 37.8 Å². The molecule has 0 radical (unpaired) electrons. The number of aromatic nitrogens is 3. The average Bonchev–Trinajstić information content (AvgIpc) is 3.11. The minimum absolute atomic E-state index is 0.853. The Balaban J connectivity index is 2.00. The Bertz CT molecular complexity index is 1240. The predicted octanol–water partition coefficient (Wildman–Crippen LogP) is 5.74. The number of methoxy groups -OCH3 is 1. The number of aryl methyl sites for hydroxylation is 2. The predicted molar refractivity (Wildman–Crippen MR) is 119 cm³/mol. The molecule has 0 saturated heterocycles. The van der Waals surface area contributed by atoms with Crippen molar-refractivity contribution in [3.05, 3.63) is 53.7 Å². The summed E-state index contributed by atoms with van der Waals surface area (Å²) in [6, 6.07) is 12.5. The molecule has 0 amide bonds. The van der Waals surface area contributed by atoms with Gasteiger partial charge >= 0.3 is 0 Å². The minimum Gasteiger partial charge on any atom is -0.496 e. The third kappa shape index (κ3) is 3.45. The van der Waals surface area contributed by atoms with Gasteiger partial charge in [-0.2, -0.15) is 5.10 Å². The van der Waals surface area contributed by atoms with Gasteiger partial charge in [0.2, 0.25) is 0 Å². The van der Waals surface area contributed by atoms with Gasteiger partial charge in [-0.05, 0) is 44.0 Å². The van der Waals surface area contributed by atoms with Crippen LogP contribution in [0.25, 0.3) is 33.1 Å². The van der Waals surface area contributed by atoms with Crippen LogP contribution in [-0.2, 0) is 6.54 Å². The van der Waals surface area contributed by atoms with E-state index in [1.54, 1.807) is 7.11 Å². The fraction of sp³-hybridized carbons (Fsp3) is 0.280. The quantitative estimate of drug-likeness (QED) is 0.413. The maximum atomic E-state index is 5.50. The van der Waals surface area contributed by atoms with Crippen LogP contribution in [0, 0.1) is 18.8 Å². The lowest BCUT2D eigenvalue weighted by molar-refractivity contribution is 0.412. The molecule has 4 rings (SSSR count). The monoisotopic (exact) mass is 383 g/mol. The molecule has 0 fully saturated rings. The van der Waals surface area contributed by atoms with Gasteiger partial charge in [-0.25, -0.2) is 0 Å². The maximum Gasteiger partial charge on any atom is 0.123 e. The average molecular weight is 383 g/mol. The summed E-state index contributed by atoms with van der Waals surface area (Å²) in [5.74, 6) is 6.91. The van der Waals surface area contributed by atoms with Gasteiger partial charge in [-0.1, -0.05) is 31.4 Å². The number of fused-ring (bicyclic) bond motifs is 3. The van der Waals surface area contributed by atoms with Crippen LogP contribution < -0.4 is 4.74 Å². The van der Waals surface area contributed by atoms with E-state index in [4.69, 9.17) is 14.8 Å². The number of pyridine rings is 1. The first-order valence-electron chi connectivity index (χ1n) is 10.0. The van der Waals surface area contributed by atoms with Crippen molar-refractivity contribution < 1.29 is 4.74 Å². The van der Waals surface area contributed by atoms with Crippen LogP contribution in [-0.4, -0.2) is 21.9 Å². The van der Waals surface area contributed by atoms with Crippen molar-refractivity contribution >= 4 is 21.8 Å². The van der Waals surface area contributed by atoms with Crippen LogP contribution >= 0.6 is 0 Å². The van der Waals surface area contributed by atoms with Crippen LogP contribution in [0.5, 0.6) is 5.75 Å². The molecule has 4 nitrogen and oxygen atoms in total. The SMILES string of the molecule is CC#Cc1ccc(-c2nn(CCCC)c3cnc4cc(OC)c(C)cc4c23)cc1. The van der Waals surface area contributed by atoms with Crippen LogP contribution in [0.3, 0.4) is 0 Å². The lowest BCUT2D eigenvalue weighted by Crippen LogP contribution is -2.00. The highest BCUT2D eigenvalue weighted by Gasteiger charge is 2.17. The number of unbranched alkanes of at least 4 members (excludes halogenated alkanes) is 1. The molecule has 4 heteroatoms. The fourth-order valence-electron chi connectivity index (χ4n) is 3.74. The van der Waals surface area contributed by atoms with Crippen LogP contribution in [0.2, 0.25) is 0 Å². The van der Waals surface area contributed by atoms with Crippen molar-refractivity contribution in [2.75, 3.05) is 7.11 Å². The zero-order valence-corrected chi connectivity index (χ0v) is 17.4. The van der Waals surface area contributed by atoms with E-state index in [0.717, 1.165) is 69.3 Å². The topological polar surface area (TPSA) is 39.9 Å². The Hall–Kier alpha value is -3.32. The zero-order valence-electron chi connectivity index (χ0n) is 17.4. The second-order valence-corrected chi connectivity index (χ2v) is 7.24. The standard InChI is InChI=1S/C25H25N3O/c1-5-7-13-28-22-16-26-21-15-23(29-4)17(3)14-20(21)24(22)25(27-28)19-11-9-18(8-6-2)10-12-19/h9-12,14-16H,5,7,13H2,1-4H3. The Morgan fingerprint density at radius 3 is 2.62 bits per heavy atom. The molecule has 29 heavy (non-hydrogen) atoms. The second kappa shape index (κ2) is 7.97. The number of hydrogen-bond acceptors (Lipinski definition) is 3. The van der Waals surface area contributed by atoms with Gasteiger partial charge in [0.25, 0.3) is 0 Å². The Labute approximate surface area is 171 Å². The molecule has 0 unspecified atom stereocenters. The molecule has 2 heterocycles. The molecule has 0 atom stereocenters. The molecule has 0 bridgehead atoms. The zero-order chi connectivity index (χ0) is 20.4. The van der Waals surface area contributed by atoms with E-state index in [1.807, 2.05) is 19.2 Å². The van der Waals surface area contributed by atoms with Crippen molar-refractivity contribution in [2.24, 2.45) is 0 Å². The first-order chi connectivity index (χ1) is 14.2. The molecule has 2 aromatic heterocycles. The molecule has 2 aromatic carbocycles. The lowest BCUT2D eigenvalue weighted by Gasteiger charge is -2.08. The van der Waals surface area contributed by atoms with Crippen molar-refractivity contribution in [3.63, 3.8) is 0 Å². The smallest absolute Gasteiger partial charge is 0.123 e. The number of rotatable bonds is 5. The number of ether oxygens (including phenoxy) is 1. The molecule has 4 aromatic rings. The van der Waals surface area contributed by atoms with E-state index in [1.165, 1.54) is 0 Å². The second-order valence-electron chi connectivity index (χ2n) is 7.24. The highest BCUT2D eigenvalue weighted by atomic mass is 16.5. The molecule has 0 spiro atoms. The maximum absolute atomic E-state index is 5.50. The van der Waals surface area contributed by atoms with Gasteiger partial charge in [-0.3, -0.25) is 9.67 Å². The van der Waals surface area contributed by atoms with Crippen molar-refractivity contribution in [1.29, 1.82) is 0 Å². The summed E-state index contributed by atoms with van der Waals surface area (Å²) in [5.41, 5.74) is 6.18.